The maximum atomic E-state index is 13.3. The van der Waals surface area contributed by atoms with E-state index in [1.807, 2.05) is 42.5 Å². The van der Waals surface area contributed by atoms with Crippen molar-refractivity contribution in [3.8, 4) is 22.7 Å². The van der Waals surface area contributed by atoms with Crippen molar-refractivity contribution >= 4 is 24.6 Å². The van der Waals surface area contributed by atoms with Gasteiger partial charge in [-0.1, -0.05) is 86.2 Å². The van der Waals surface area contributed by atoms with Crippen molar-refractivity contribution in [3.05, 3.63) is 78.5 Å². The Morgan fingerprint density at radius 2 is 1.67 bits per heavy atom. The molecule has 0 fully saturated rings. The quantitative estimate of drug-likeness (QED) is 0.137. The van der Waals surface area contributed by atoms with E-state index in [-0.39, 0.29) is 5.78 Å². The van der Waals surface area contributed by atoms with Gasteiger partial charge in [-0.2, -0.15) is 0 Å². The van der Waals surface area contributed by atoms with Crippen molar-refractivity contribution in [2.75, 3.05) is 0 Å². The first-order valence-corrected chi connectivity index (χ1v) is 14.1. The highest BCUT2D eigenvalue weighted by molar-refractivity contribution is 6.83. The van der Waals surface area contributed by atoms with E-state index < -0.39 is 8.07 Å². The van der Waals surface area contributed by atoms with Crippen LogP contribution in [0.5, 0.6) is 0 Å². The van der Waals surface area contributed by atoms with Gasteiger partial charge < -0.3 is 0 Å². The van der Waals surface area contributed by atoms with Gasteiger partial charge >= 0.3 is 0 Å². The zero-order chi connectivity index (χ0) is 21.6. The molecule has 3 heteroatoms. The number of fused-ring (bicyclic) bond motifs is 1. The van der Waals surface area contributed by atoms with Crippen LogP contribution in [0.4, 0.5) is 0 Å². The Bertz CT molecular complexity index is 1110. The standard InChI is InChI=1S/C27H29NOSi/c1-5-6-7-11-18-25(29)26-22-16-12-13-17-23(22)27(21-14-9-8-10-15-21)28-24(26)19-20-30(2,3)4/h5,8-10,12-17H,1,6-7,11,18H2,2-4H3. The minimum Gasteiger partial charge on any atom is -0.294 e. The van der Waals surface area contributed by atoms with Gasteiger partial charge in [-0.25, -0.2) is 4.98 Å². The van der Waals surface area contributed by atoms with Gasteiger partial charge in [0.25, 0.3) is 0 Å². The molecule has 2 aromatic carbocycles. The number of carbonyl (C=O) groups excluding carboxylic acids is 1. The van der Waals surface area contributed by atoms with Gasteiger partial charge in [-0.05, 0) is 24.6 Å². The number of allylic oxidation sites excluding steroid dienone is 1. The number of nitrogens with zero attached hydrogens (tertiary/aromatic N) is 1. The summed E-state index contributed by atoms with van der Waals surface area (Å²) in [5.74, 6) is 3.43. The molecule has 30 heavy (non-hydrogen) atoms. The summed E-state index contributed by atoms with van der Waals surface area (Å²) in [4.78, 5) is 18.2. The van der Waals surface area contributed by atoms with Crippen molar-refractivity contribution in [1.82, 2.24) is 4.98 Å². The average Bonchev–Trinajstić information content (AvgIpc) is 2.74. The van der Waals surface area contributed by atoms with E-state index in [4.69, 9.17) is 4.98 Å². The number of carbonyl (C=O) groups is 1. The molecule has 0 atom stereocenters. The molecule has 0 amide bonds. The predicted molar refractivity (Wildman–Crippen MR) is 130 cm³/mol. The molecular weight excluding hydrogens is 382 g/mol. The van der Waals surface area contributed by atoms with Gasteiger partial charge in [0.05, 0.1) is 11.3 Å². The number of ketones is 1. The number of hydrogen-bond acceptors (Lipinski definition) is 2. The Balaban J connectivity index is 2.21. The van der Waals surface area contributed by atoms with Gasteiger partial charge in [0.1, 0.15) is 13.8 Å². The van der Waals surface area contributed by atoms with E-state index in [9.17, 15) is 4.79 Å². The van der Waals surface area contributed by atoms with Gasteiger partial charge in [0.2, 0.25) is 0 Å². The summed E-state index contributed by atoms with van der Waals surface area (Å²) >= 11 is 0. The number of benzene rings is 2. The fraction of sp³-hybridized carbons (Fsp3) is 0.259. The highest BCUT2D eigenvalue weighted by Gasteiger charge is 2.20. The van der Waals surface area contributed by atoms with Crippen LogP contribution in [0.2, 0.25) is 19.6 Å². The third-order valence-electron chi connectivity index (χ3n) is 4.86. The lowest BCUT2D eigenvalue weighted by atomic mass is 9.94. The lowest BCUT2D eigenvalue weighted by Crippen LogP contribution is -2.17. The molecule has 0 radical (unpaired) electrons. The Morgan fingerprint density at radius 3 is 2.33 bits per heavy atom. The Hall–Kier alpha value is -2.96. The third kappa shape index (κ3) is 5.34. The van der Waals surface area contributed by atoms with Gasteiger partial charge in [-0.3, -0.25) is 4.79 Å². The smallest absolute Gasteiger partial charge is 0.166 e. The van der Waals surface area contributed by atoms with E-state index >= 15 is 0 Å². The molecule has 0 aliphatic carbocycles. The molecule has 0 aliphatic rings. The van der Waals surface area contributed by atoms with Gasteiger partial charge in [0, 0.05) is 17.4 Å². The molecule has 3 rings (SSSR count). The topological polar surface area (TPSA) is 30.0 Å². The molecule has 3 aromatic rings. The SMILES string of the molecule is C=CCCCCC(=O)c1c(C#C[Si](C)(C)C)nc(-c2ccccc2)c2ccccc12. The van der Waals surface area contributed by atoms with Crippen LogP contribution in [0.1, 0.15) is 41.7 Å². The summed E-state index contributed by atoms with van der Waals surface area (Å²) in [7, 11) is -1.62. The summed E-state index contributed by atoms with van der Waals surface area (Å²) in [6.07, 6.45) is 5.16. The van der Waals surface area contributed by atoms with E-state index in [1.54, 1.807) is 0 Å². The number of Topliss-reactive ketones (excluding diaryl/α,β-unsaturated/α-hetero) is 1. The first-order valence-electron chi connectivity index (χ1n) is 10.6. The van der Waals surface area contributed by atoms with Crippen molar-refractivity contribution in [3.63, 3.8) is 0 Å². The van der Waals surface area contributed by atoms with E-state index in [0.29, 0.717) is 17.7 Å². The first kappa shape index (κ1) is 21.7. The van der Waals surface area contributed by atoms with E-state index in [0.717, 1.165) is 41.3 Å². The Kier molecular flexibility index (Phi) is 7.02. The maximum Gasteiger partial charge on any atom is 0.166 e. The number of rotatable bonds is 7. The second kappa shape index (κ2) is 9.69. The number of hydrogen-bond donors (Lipinski definition) is 0. The molecular formula is C27H29NOSi. The van der Waals surface area contributed by atoms with Gasteiger partial charge in [0.15, 0.2) is 5.78 Å². The summed E-state index contributed by atoms with van der Waals surface area (Å²) < 4.78 is 0. The summed E-state index contributed by atoms with van der Waals surface area (Å²) in [5.41, 5.74) is 6.62. The minimum absolute atomic E-state index is 0.127. The Morgan fingerprint density at radius 1 is 1.00 bits per heavy atom. The average molecular weight is 412 g/mol. The molecule has 1 heterocycles. The third-order valence-corrected chi connectivity index (χ3v) is 5.73. The zero-order valence-electron chi connectivity index (χ0n) is 18.2. The molecule has 0 unspecified atom stereocenters. The fourth-order valence-corrected chi connectivity index (χ4v) is 3.89. The monoisotopic (exact) mass is 411 g/mol. The van der Waals surface area contributed by atoms with Crippen LogP contribution in [-0.2, 0) is 0 Å². The highest BCUT2D eigenvalue weighted by Crippen LogP contribution is 2.31. The molecule has 1 aromatic heterocycles. The van der Waals surface area contributed by atoms with Crippen LogP contribution in [0.25, 0.3) is 22.0 Å². The maximum absolute atomic E-state index is 13.3. The predicted octanol–water partition coefficient (Wildman–Crippen LogP) is 7.06. The first-order chi connectivity index (χ1) is 14.4. The van der Waals surface area contributed by atoms with Crippen molar-refractivity contribution in [2.24, 2.45) is 0 Å². The Labute approximate surface area is 181 Å². The minimum atomic E-state index is -1.62. The number of pyridine rings is 1. The van der Waals surface area contributed by atoms with Crippen LogP contribution >= 0.6 is 0 Å². The molecule has 0 saturated heterocycles. The summed E-state index contributed by atoms with van der Waals surface area (Å²) in [5, 5.41) is 1.94. The fourth-order valence-electron chi connectivity index (χ4n) is 3.40. The van der Waals surface area contributed by atoms with Crippen molar-refractivity contribution in [1.29, 1.82) is 0 Å². The van der Waals surface area contributed by atoms with E-state index in [1.165, 1.54) is 0 Å². The second-order valence-corrected chi connectivity index (χ2v) is 13.3. The summed E-state index contributed by atoms with van der Waals surface area (Å²) in [6, 6.07) is 18.2. The molecule has 0 saturated carbocycles. The van der Waals surface area contributed by atoms with E-state index in [2.05, 4.69) is 55.9 Å². The lowest BCUT2D eigenvalue weighted by Gasteiger charge is -2.13. The van der Waals surface area contributed by atoms with Crippen LogP contribution in [0, 0.1) is 11.5 Å². The van der Waals surface area contributed by atoms with Crippen LogP contribution in [0.15, 0.2) is 67.3 Å². The normalized spacial score (nSPS) is 11.0. The highest BCUT2D eigenvalue weighted by atomic mass is 28.3. The van der Waals surface area contributed by atoms with Gasteiger partial charge in [-0.15, -0.1) is 12.1 Å². The number of unbranched alkanes of at least 4 members (excludes halogenated alkanes) is 2. The van der Waals surface area contributed by atoms with Crippen molar-refractivity contribution in [2.45, 2.75) is 45.3 Å². The lowest BCUT2D eigenvalue weighted by molar-refractivity contribution is 0.0980. The second-order valence-electron chi connectivity index (χ2n) is 8.55. The summed E-state index contributed by atoms with van der Waals surface area (Å²) in [6.45, 7) is 10.4. The zero-order valence-corrected chi connectivity index (χ0v) is 19.2. The van der Waals surface area contributed by atoms with Crippen LogP contribution in [-0.4, -0.2) is 18.8 Å². The molecule has 0 spiro atoms. The van der Waals surface area contributed by atoms with Crippen LogP contribution in [0.3, 0.4) is 0 Å². The van der Waals surface area contributed by atoms with Crippen LogP contribution < -0.4 is 0 Å². The largest absolute Gasteiger partial charge is 0.294 e. The van der Waals surface area contributed by atoms with Crippen molar-refractivity contribution < 1.29 is 4.79 Å². The molecule has 2 nitrogen and oxygen atoms in total. The molecule has 0 aliphatic heterocycles. The molecule has 0 N–H and O–H groups in total. The molecule has 0 bridgehead atoms. The number of aromatic nitrogens is 1. The molecule has 152 valence electrons.